The Bertz CT molecular complexity index is 1040. The Kier molecular flexibility index (Phi) is 6.63. The number of nitro groups is 1. The zero-order chi connectivity index (χ0) is 21.8. The number of ether oxygens (including phenoxy) is 2. The Labute approximate surface area is 181 Å². The number of carbonyl (C=O) groups excluding carboxylic acids is 2. The second-order valence-corrected chi connectivity index (χ2v) is 7.56. The van der Waals surface area contributed by atoms with Crippen molar-refractivity contribution in [2.75, 3.05) is 13.7 Å². The number of hydrogen-bond donors (Lipinski definition) is 0. The van der Waals surface area contributed by atoms with Crippen molar-refractivity contribution in [3.8, 4) is 11.5 Å². The molecule has 1 aliphatic heterocycles. The summed E-state index contributed by atoms with van der Waals surface area (Å²) in [6.07, 6.45) is 1.56. The van der Waals surface area contributed by atoms with E-state index in [9.17, 15) is 19.7 Å². The zero-order valence-corrected chi connectivity index (χ0v) is 17.7. The number of nitro benzene ring substituents is 1. The number of methoxy groups -OCH3 is 1. The van der Waals surface area contributed by atoms with Gasteiger partial charge in [0.15, 0.2) is 11.5 Å². The molecule has 0 aromatic heterocycles. The van der Waals surface area contributed by atoms with Crippen LogP contribution in [-0.2, 0) is 11.3 Å². The fourth-order valence-corrected chi connectivity index (χ4v) is 3.96. The highest BCUT2D eigenvalue weighted by atomic mass is 35.5. The van der Waals surface area contributed by atoms with Crippen LogP contribution in [-0.4, -0.2) is 34.7 Å². The summed E-state index contributed by atoms with van der Waals surface area (Å²) in [5.41, 5.74) is 1.13. The topological polar surface area (TPSA) is 99.0 Å². The molecule has 1 aliphatic rings. The molecular formula is C20H17ClN2O6S. The van der Waals surface area contributed by atoms with E-state index in [1.54, 1.807) is 18.2 Å². The van der Waals surface area contributed by atoms with Crippen molar-refractivity contribution in [1.29, 1.82) is 0 Å². The van der Waals surface area contributed by atoms with Gasteiger partial charge in [-0.15, -0.1) is 0 Å². The summed E-state index contributed by atoms with van der Waals surface area (Å²) < 4.78 is 10.8. The number of halogens is 1. The van der Waals surface area contributed by atoms with Crippen LogP contribution in [0.1, 0.15) is 18.1 Å². The average molecular weight is 449 g/mol. The third-order valence-electron chi connectivity index (χ3n) is 4.20. The van der Waals surface area contributed by atoms with Gasteiger partial charge in [-0.3, -0.25) is 24.6 Å². The van der Waals surface area contributed by atoms with Crippen molar-refractivity contribution in [1.82, 2.24) is 4.90 Å². The fraction of sp³-hybridized carbons (Fsp3) is 0.200. The molecule has 1 heterocycles. The monoisotopic (exact) mass is 448 g/mol. The van der Waals surface area contributed by atoms with Crippen LogP contribution in [0.2, 0.25) is 5.02 Å². The normalized spacial score (nSPS) is 15.0. The van der Waals surface area contributed by atoms with E-state index >= 15 is 0 Å². The summed E-state index contributed by atoms with van der Waals surface area (Å²) in [5, 5.41) is 10.7. The molecule has 1 saturated heterocycles. The quantitative estimate of drug-likeness (QED) is 0.337. The Hall–Kier alpha value is -3.04. The van der Waals surface area contributed by atoms with Gasteiger partial charge < -0.3 is 9.47 Å². The highest BCUT2D eigenvalue weighted by molar-refractivity contribution is 8.18. The van der Waals surface area contributed by atoms with Gasteiger partial charge in [0.2, 0.25) is 0 Å². The average Bonchev–Trinajstić information content (AvgIpc) is 2.96. The van der Waals surface area contributed by atoms with Gasteiger partial charge in [0.05, 0.1) is 35.1 Å². The van der Waals surface area contributed by atoms with Crippen LogP contribution in [0.3, 0.4) is 0 Å². The number of imide groups is 1. The zero-order valence-electron chi connectivity index (χ0n) is 16.1. The van der Waals surface area contributed by atoms with Gasteiger partial charge in [-0.2, -0.15) is 0 Å². The third kappa shape index (κ3) is 4.58. The molecule has 0 bridgehead atoms. The van der Waals surface area contributed by atoms with Crippen molar-refractivity contribution < 1.29 is 24.0 Å². The van der Waals surface area contributed by atoms with Crippen LogP contribution in [0, 0.1) is 10.1 Å². The number of amides is 2. The maximum absolute atomic E-state index is 12.7. The van der Waals surface area contributed by atoms with Crippen molar-refractivity contribution >= 4 is 46.3 Å². The number of benzene rings is 2. The standard InChI is InChI=1S/C20H17ClN2O6S/c1-3-29-16-9-13(8-15(21)18(16)28-2)10-17-19(24)22(20(25)30-17)11-12-4-6-14(7-5-12)23(26)27/h4-10H,3,11H2,1-2H3/b17-10-. The highest BCUT2D eigenvalue weighted by Gasteiger charge is 2.35. The second kappa shape index (κ2) is 9.19. The number of rotatable bonds is 7. The van der Waals surface area contributed by atoms with E-state index in [1.165, 1.54) is 31.4 Å². The first-order valence-corrected chi connectivity index (χ1v) is 10.0. The van der Waals surface area contributed by atoms with E-state index in [4.69, 9.17) is 21.1 Å². The van der Waals surface area contributed by atoms with Gasteiger partial charge in [0.25, 0.3) is 16.8 Å². The first-order valence-electron chi connectivity index (χ1n) is 8.83. The number of non-ortho nitro benzene ring substituents is 1. The molecule has 1 fully saturated rings. The highest BCUT2D eigenvalue weighted by Crippen LogP contribution is 2.39. The molecule has 30 heavy (non-hydrogen) atoms. The maximum Gasteiger partial charge on any atom is 0.293 e. The molecule has 2 aromatic rings. The van der Waals surface area contributed by atoms with Crippen molar-refractivity contribution in [2.45, 2.75) is 13.5 Å². The number of carbonyl (C=O) groups is 2. The van der Waals surface area contributed by atoms with Crippen LogP contribution in [0.25, 0.3) is 6.08 Å². The third-order valence-corrected chi connectivity index (χ3v) is 5.38. The van der Waals surface area contributed by atoms with Crippen molar-refractivity contribution in [3.05, 3.63) is 67.6 Å². The van der Waals surface area contributed by atoms with Gasteiger partial charge in [0, 0.05) is 12.1 Å². The molecule has 0 spiro atoms. The van der Waals surface area contributed by atoms with Gasteiger partial charge in [-0.25, -0.2) is 0 Å². The Morgan fingerprint density at radius 3 is 2.53 bits per heavy atom. The molecule has 2 amide bonds. The molecule has 0 radical (unpaired) electrons. The van der Waals surface area contributed by atoms with E-state index in [0.717, 1.165) is 16.7 Å². The Morgan fingerprint density at radius 1 is 1.23 bits per heavy atom. The lowest BCUT2D eigenvalue weighted by molar-refractivity contribution is -0.384. The number of nitrogens with zero attached hydrogens (tertiary/aromatic N) is 2. The first kappa shape index (κ1) is 21.7. The summed E-state index contributed by atoms with van der Waals surface area (Å²) in [7, 11) is 1.48. The van der Waals surface area contributed by atoms with Gasteiger partial charge in [-0.05, 0) is 48.0 Å². The molecule has 0 aliphatic carbocycles. The Morgan fingerprint density at radius 2 is 1.93 bits per heavy atom. The largest absolute Gasteiger partial charge is 0.491 e. The number of thioether (sulfide) groups is 1. The maximum atomic E-state index is 12.7. The van der Waals surface area contributed by atoms with Crippen LogP contribution in [0.15, 0.2) is 41.3 Å². The van der Waals surface area contributed by atoms with Gasteiger partial charge in [0.1, 0.15) is 0 Å². The smallest absolute Gasteiger partial charge is 0.293 e. The molecule has 0 N–H and O–H groups in total. The molecule has 0 saturated carbocycles. The fourth-order valence-electron chi connectivity index (χ4n) is 2.83. The lowest BCUT2D eigenvalue weighted by atomic mass is 10.1. The van der Waals surface area contributed by atoms with E-state index in [0.29, 0.717) is 34.3 Å². The predicted octanol–water partition coefficient (Wildman–Crippen LogP) is 4.89. The van der Waals surface area contributed by atoms with Gasteiger partial charge >= 0.3 is 0 Å². The summed E-state index contributed by atoms with van der Waals surface area (Å²) in [6, 6.07) is 8.99. The molecule has 156 valence electrons. The molecule has 2 aromatic carbocycles. The molecule has 10 heteroatoms. The minimum absolute atomic E-state index is 0.0214. The van der Waals surface area contributed by atoms with Crippen LogP contribution >= 0.6 is 23.4 Å². The molecular weight excluding hydrogens is 432 g/mol. The van der Waals surface area contributed by atoms with Crippen LogP contribution in [0.5, 0.6) is 11.5 Å². The summed E-state index contributed by atoms with van der Waals surface area (Å²) in [5.74, 6) is 0.374. The Balaban J connectivity index is 1.83. The van der Waals surface area contributed by atoms with E-state index in [1.807, 2.05) is 6.92 Å². The molecule has 3 rings (SSSR count). The second-order valence-electron chi connectivity index (χ2n) is 6.16. The lowest BCUT2D eigenvalue weighted by Crippen LogP contribution is -2.27. The first-order chi connectivity index (χ1) is 14.3. The number of hydrogen-bond acceptors (Lipinski definition) is 7. The lowest BCUT2D eigenvalue weighted by Gasteiger charge is -2.13. The SMILES string of the molecule is CCOc1cc(/C=C2\SC(=O)N(Cc3ccc([N+](=O)[O-])cc3)C2=O)cc(Cl)c1OC. The molecule has 0 unspecified atom stereocenters. The van der Waals surface area contributed by atoms with Crippen molar-refractivity contribution in [2.24, 2.45) is 0 Å². The van der Waals surface area contributed by atoms with Crippen LogP contribution in [0.4, 0.5) is 10.5 Å². The van der Waals surface area contributed by atoms with E-state index in [2.05, 4.69) is 0 Å². The van der Waals surface area contributed by atoms with E-state index in [-0.39, 0.29) is 17.1 Å². The minimum atomic E-state index is -0.511. The molecule has 8 nitrogen and oxygen atoms in total. The van der Waals surface area contributed by atoms with Crippen molar-refractivity contribution in [3.63, 3.8) is 0 Å². The minimum Gasteiger partial charge on any atom is -0.491 e. The molecule has 0 atom stereocenters. The summed E-state index contributed by atoms with van der Waals surface area (Å²) in [6.45, 7) is 2.25. The van der Waals surface area contributed by atoms with E-state index < -0.39 is 16.1 Å². The predicted molar refractivity (Wildman–Crippen MR) is 114 cm³/mol. The summed E-state index contributed by atoms with van der Waals surface area (Å²) >= 11 is 7.05. The summed E-state index contributed by atoms with van der Waals surface area (Å²) in [4.78, 5) is 36.7. The van der Waals surface area contributed by atoms with Crippen LogP contribution < -0.4 is 9.47 Å². The van der Waals surface area contributed by atoms with Gasteiger partial charge in [-0.1, -0.05) is 23.7 Å².